The van der Waals surface area contributed by atoms with E-state index in [1.165, 1.54) is 0 Å². The summed E-state index contributed by atoms with van der Waals surface area (Å²) >= 11 is 0. The predicted octanol–water partition coefficient (Wildman–Crippen LogP) is 1.26. The van der Waals surface area contributed by atoms with Crippen LogP contribution in [0, 0.1) is 19.8 Å². The molecule has 2 rings (SSSR count). The van der Waals surface area contributed by atoms with E-state index in [0.29, 0.717) is 17.4 Å². The standard InChI is InChI=1S/C13H19N3O2/c1-8-5-4-6-16(7-8)13(18)11-9(2)14-10(3)15-12(11)17/h8H,4-7H2,1-3H3,(H,14,15,17). The number of H-pyrrole nitrogens is 1. The number of nitrogens with zero attached hydrogens (tertiary/aromatic N) is 2. The summed E-state index contributed by atoms with van der Waals surface area (Å²) in [6.07, 6.45) is 2.15. The average Bonchev–Trinajstić information content (AvgIpc) is 2.27. The van der Waals surface area contributed by atoms with E-state index in [2.05, 4.69) is 16.9 Å². The van der Waals surface area contributed by atoms with Gasteiger partial charge in [-0.05, 0) is 32.6 Å². The number of aromatic amines is 1. The number of hydrogen-bond donors (Lipinski definition) is 1. The molecule has 18 heavy (non-hydrogen) atoms. The van der Waals surface area contributed by atoms with Crippen LogP contribution < -0.4 is 5.56 Å². The lowest BCUT2D eigenvalue weighted by atomic mass is 9.99. The van der Waals surface area contributed by atoms with Gasteiger partial charge < -0.3 is 9.88 Å². The normalized spacial score (nSPS) is 19.9. The van der Waals surface area contributed by atoms with Crippen molar-refractivity contribution in [3.8, 4) is 0 Å². The summed E-state index contributed by atoms with van der Waals surface area (Å²) in [5, 5.41) is 0. The van der Waals surface area contributed by atoms with Crippen LogP contribution in [0.4, 0.5) is 0 Å². The molecule has 1 aliphatic rings. The first-order valence-corrected chi connectivity index (χ1v) is 6.36. The fourth-order valence-corrected chi connectivity index (χ4v) is 2.51. The number of aromatic nitrogens is 2. The molecule has 1 fully saturated rings. The van der Waals surface area contributed by atoms with Gasteiger partial charge in [0.25, 0.3) is 11.5 Å². The van der Waals surface area contributed by atoms with E-state index >= 15 is 0 Å². The topological polar surface area (TPSA) is 66.1 Å². The van der Waals surface area contributed by atoms with Gasteiger partial charge in [0.15, 0.2) is 0 Å². The molecule has 1 aromatic rings. The molecule has 98 valence electrons. The Morgan fingerprint density at radius 3 is 2.78 bits per heavy atom. The number of piperidine rings is 1. The number of aryl methyl sites for hydroxylation is 2. The second-order valence-electron chi connectivity index (χ2n) is 5.11. The van der Waals surface area contributed by atoms with E-state index in [1.54, 1.807) is 18.7 Å². The van der Waals surface area contributed by atoms with Crippen molar-refractivity contribution in [1.82, 2.24) is 14.9 Å². The first-order chi connectivity index (χ1) is 8.49. The van der Waals surface area contributed by atoms with Crippen LogP contribution in [0.15, 0.2) is 4.79 Å². The molecule has 1 N–H and O–H groups in total. The highest BCUT2D eigenvalue weighted by Crippen LogP contribution is 2.17. The fraction of sp³-hybridized carbons (Fsp3) is 0.615. The van der Waals surface area contributed by atoms with E-state index in [9.17, 15) is 9.59 Å². The van der Waals surface area contributed by atoms with Crippen molar-refractivity contribution < 1.29 is 4.79 Å². The molecule has 0 radical (unpaired) electrons. The SMILES string of the molecule is Cc1nc(C)c(C(=O)N2CCCC(C)C2)c(=O)[nH]1. The number of hydrogen-bond acceptors (Lipinski definition) is 3. The van der Waals surface area contributed by atoms with E-state index in [4.69, 9.17) is 0 Å². The van der Waals surface area contributed by atoms with Crippen LogP contribution in [0.2, 0.25) is 0 Å². The minimum absolute atomic E-state index is 0.187. The summed E-state index contributed by atoms with van der Waals surface area (Å²) < 4.78 is 0. The smallest absolute Gasteiger partial charge is 0.264 e. The first-order valence-electron chi connectivity index (χ1n) is 6.36. The molecule has 0 aromatic carbocycles. The molecule has 1 unspecified atom stereocenters. The van der Waals surface area contributed by atoms with E-state index < -0.39 is 0 Å². The van der Waals surface area contributed by atoms with Crippen molar-refractivity contribution >= 4 is 5.91 Å². The average molecular weight is 249 g/mol. The zero-order valence-corrected chi connectivity index (χ0v) is 11.1. The van der Waals surface area contributed by atoms with E-state index in [0.717, 1.165) is 25.9 Å². The van der Waals surface area contributed by atoms with Gasteiger partial charge in [-0.1, -0.05) is 6.92 Å². The van der Waals surface area contributed by atoms with Crippen LogP contribution in [0.1, 0.15) is 41.6 Å². The van der Waals surface area contributed by atoms with Crippen molar-refractivity contribution in [2.24, 2.45) is 5.92 Å². The van der Waals surface area contributed by atoms with Gasteiger partial charge in [-0.3, -0.25) is 9.59 Å². The lowest BCUT2D eigenvalue weighted by Crippen LogP contribution is -2.42. The first kappa shape index (κ1) is 12.8. The minimum Gasteiger partial charge on any atom is -0.338 e. The largest absolute Gasteiger partial charge is 0.338 e. The molecule has 5 nitrogen and oxygen atoms in total. The summed E-state index contributed by atoms with van der Waals surface area (Å²) in [7, 11) is 0. The van der Waals surface area contributed by atoms with Crippen LogP contribution in [-0.2, 0) is 0 Å². The zero-order chi connectivity index (χ0) is 13.3. The second kappa shape index (κ2) is 4.92. The number of nitrogens with one attached hydrogen (secondary N) is 1. The molecule has 1 saturated heterocycles. The third-order valence-electron chi connectivity index (χ3n) is 3.38. The maximum Gasteiger partial charge on any atom is 0.264 e. The Labute approximate surface area is 106 Å². The fourth-order valence-electron chi connectivity index (χ4n) is 2.51. The highest BCUT2D eigenvalue weighted by atomic mass is 16.2. The number of likely N-dealkylation sites (tertiary alicyclic amines) is 1. The van der Waals surface area contributed by atoms with Crippen molar-refractivity contribution in [2.45, 2.75) is 33.6 Å². The van der Waals surface area contributed by atoms with Gasteiger partial charge in [-0.25, -0.2) is 4.98 Å². The van der Waals surface area contributed by atoms with Gasteiger partial charge in [-0.2, -0.15) is 0 Å². The lowest BCUT2D eigenvalue weighted by Gasteiger charge is -2.30. The third kappa shape index (κ3) is 2.44. The summed E-state index contributed by atoms with van der Waals surface area (Å²) in [5.41, 5.74) is 0.373. The molecule has 0 spiro atoms. The lowest BCUT2D eigenvalue weighted by molar-refractivity contribution is 0.0680. The summed E-state index contributed by atoms with van der Waals surface area (Å²) in [4.78, 5) is 32.8. The summed E-state index contributed by atoms with van der Waals surface area (Å²) in [6, 6.07) is 0. The highest BCUT2D eigenvalue weighted by Gasteiger charge is 2.25. The summed E-state index contributed by atoms with van der Waals surface area (Å²) in [6.45, 7) is 7.01. The van der Waals surface area contributed by atoms with Crippen LogP contribution in [0.5, 0.6) is 0 Å². The Morgan fingerprint density at radius 2 is 2.17 bits per heavy atom. The van der Waals surface area contributed by atoms with Gasteiger partial charge >= 0.3 is 0 Å². The Kier molecular flexibility index (Phi) is 3.50. The number of carbonyl (C=O) groups is 1. The quantitative estimate of drug-likeness (QED) is 0.814. The molecule has 1 amide bonds. The molecule has 1 atom stereocenters. The van der Waals surface area contributed by atoms with Gasteiger partial charge in [0.1, 0.15) is 11.4 Å². The molecule has 2 heterocycles. The molecule has 1 aliphatic heterocycles. The molecular weight excluding hydrogens is 230 g/mol. The van der Waals surface area contributed by atoms with Crippen molar-refractivity contribution in [3.05, 3.63) is 27.4 Å². The van der Waals surface area contributed by atoms with Gasteiger partial charge in [-0.15, -0.1) is 0 Å². The number of carbonyl (C=O) groups excluding carboxylic acids is 1. The van der Waals surface area contributed by atoms with Gasteiger partial charge in [0.05, 0.1) is 5.69 Å². The molecule has 0 aliphatic carbocycles. The molecular formula is C13H19N3O2. The van der Waals surface area contributed by atoms with Crippen LogP contribution in [0.3, 0.4) is 0 Å². The van der Waals surface area contributed by atoms with Crippen LogP contribution in [0.25, 0.3) is 0 Å². The molecule has 0 saturated carbocycles. The third-order valence-corrected chi connectivity index (χ3v) is 3.38. The van der Waals surface area contributed by atoms with Gasteiger partial charge in [0, 0.05) is 13.1 Å². The summed E-state index contributed by atoms with van der Waals surface area (Å²) in [5.74, 6) is 0.856. The second-order valence-corrected chi connectivity index (χ2v) is 5.11. The Hall–Kier alpha value is -1.65. The Morgan fingerprint density at radius 1 is 1.44 bits per heavy atom. The van der Waals surface area contributed by atoms with Crippen molar-refractivity contribution in [2.75, 3.05) is 13.1 Å². The number of rotatable bonds is 1. The molecule has 0 bridgehead atoms. The molecule has 1 aromatic heterocycles. The van der Waals surface area contributed by atoms with Crippen molar-refractivity contribution in [1.29, 1.82) is 0 Å². The van der Waals surface area contributed by atoms with E-state index in [1.807, 2.05) is 0 Å². The van der Waals surface area contributed by atoms with Gasteiger partial charge in [0.2, 0.25) is 0 Å². The highest BCUT2D eigenvalue weighted by molar-refractivity contribution is 5.94. The monoisotopic (exact) mass is 249 g/mol. The maximum atomic E-state index is 12.4. The van der Waals surface area contributed by atoms with Crippen LogP contribution in [-0.4, -0.2) is 33.9 Å². The maximum absolute atomic E-state index is 12.4. The Balaban J connectivity index is 2.31. The minimum atomic E-state index is -0.330. The van der Waals surface area contributed by atoms with Crippen molar-refractivity contribution in [3.63, 3.8) is 0 Å². The number of amides is 1. The molecule has 5 heteroatoms. The predicted molar refractivity (Wildman–Crippen MR) is 68.6 cm³/mol. The zero-order valence-electron chi connectivity index (χ0n) is 11.1. The van der Waals surface area contributed by atoms with E-state index in [-0.39, 0.29) is 17.0 Å². The Bertz CT molecular complexity index is 521. The van der Waals surface area contributed by atoms with Crippen LogP contribution >= 0.6 is 0 Å².